The molecule has 0 aromatic heterocycles. The number of carbonyl (C=O) groups is 1. The van der Waals surface area contributed by atoms with Gasteiger partial charge in [0.1, 0.15) is 5.82 Å². The number of benzene rings is 2. The van der Waals surface area contributed by atoms with Crippen LogP contribution in [0.5, 0.6) is 0 Å². The predicted molar refractivity (Wildman–Crippen MR) is 103 cm³/mol. The van der Waals surface area contributed by atoms with Gasteiger partial charge in [-0.15, -0.1) is 0 Å². The van der Waals surface area contributed by atoms with Gasteiger partial charge in [0, 0.05) is 26.4 Å². The van der Waals surface area contributed by atoms with Gasteiger partial charge in [0.25, 0.3) is 5.91 Å². The Labute approximate surface area is 164 Å². The molecule has 0 aliphatic carbocycles. The zero-order chi connectivity index (χ0) is 20.1. The van der Waals surface area contributed by atoms with Gasteiger partial charge in [-0.05, 0) is 34.9 Å². The van der Waals surface area contributed by atoms with Crippen LogP contribution in [0, 0.1) is 5.82 Å². The maximum absolute atomic E-state index is 13.3. The van der Waals surface area contributed by atoms with Crippen LogP contribution in [-0.4, -0.2) is 36.3 Å². The second-order valence-electron chi connectivity index (χ2n) is 6.96. The second kappa shape index (κ2) is 8.99. The van der Waals surface area contributed by atoms with Crippen molar-refractivity contribution in [2.75, 3.05) is 14.1 Å². The van der Waals surface area contributed by atoms with E-state index in [-0.39, 0.29) is 30.0 Å². The Morgan fingerprint density at radius 2 is 1.79 bits per heavy atom. The van der Waals surface area contributed by atoms with Gasteiger partial charge in [0.15, 0.2) is 5.76 Å². The molecule has 2 atom stereocenters. The highest BCUT2D eigenvalue weighted by Crippen LogP contribution is 2.32. The van der Waals surface area contributed by atoms with Crippen LogP contribution in [0.1, 0.15) is 29.0 Å². The van der Waals surface area contributed by atoms with Crippen molar-refractivity contribution in [2.24, 2.45) is 0 Å². The highest BCUT2D eigenvalue weighted by atomic mass is 19.1. The van der Waals surface area contributed by atoms with Crippen molar-refractivity contribution >= 4 is 5.91 Å². The monoisotopic (exact) mass is 385 g/mol. The Morgan fingerprint density at radius 3 is 2.39 bits per heavy atom. The number of ether oxygens (including phenoxy) is 2. The Kier molecular flexibility index (Phi) is 6.44. The molecule has 1 aliphatic heterocycles. The summed E-state index contributed by atoms with van der Waals surface area (Å²) in [5.74, 6) is -0.433. The highest BCUT2D eigenvalue weighted by molar-refractivity contribution is 5.91. The second-order valence-corrected chi connectivity index (χ2v) is 6.96. The summed E-state index contributed by atoms with van der Waals surface area (Å²) in [5.41, 5.74) is 2.67. The normalized spacial score (nSPS) is 18.9. The number of rotatable bonds is 6. The number of halogens is 1. The standard InChI is InChI=1S/C22H24FNO4/c1-24(2)22(26)20-11-18(17-7-9-19(23)10-8-17)12-21(28-20)27-14-16-5-3-15(13-25)4-6-16/h3-11,18,21,25H,12-14H2,1-2H3/t18-,21+/m0/s1. The minimum Gasteiger partial charge on any atom is -0.459 e. The molecule has 0 fully saturated rings. The number of hydrogen-bond donors (Lipinski definition) is 1. The molecule has 1 aliphatic rings. The summed E-state index contributed by atoms with van der Waals surface area (Å²) in [6.07, 6.45) is 1.69. The van der Waals surface area contributed by atoms with Gasteiger partial charge in [-0.1, -0.05) is 36.4 Å². The van der Waals surface area contributed by atoms with Crippen LogP contribution >= 0.6 is 0 Å². The molecule has 3 rings (SSSR count). The molecule has 2 aromatic rings. The largest absolute Gasteiger partial charge is 0.459 e. The minimum atomic E-state index is -0.600. The summed E-state index contributed by atoms with van der Waals surface area (Å²) < 4.78 is 25.0. The molecule has 1 N–H and O–H groups in total. The zero-order valence-electron chi connectivity index (χ0n) is 16.0. The molecule has 0 radical (unpaired) electrons. The lowest BCUT2D eigenvalue weighted by Gasteiger charge is -2.30. The molecule has 6 heteroatoms. The van der Waals surface area contributed by atoms with E-state index in [0.717, 1.165) is 16.7 Å². The van der Waals surface area contributed by atoms with E-state index in [0.29, 0.717) is 13.0 Å². The molecule has 28 heavy (non-hydrogen) atoms. The summed E-state index contributed by atoms with van der Waals surface area (Å²) in [7, 11) is 3.32. The Balaban J connectivity index is 1.74. The van der Waals surface area contributed by atoms with Crippen molar-refractivity contribution in [1.82, 2.24) is 4.90 Å². The number of nitrogens with zero attached hydrogens (tertiary/aromatic N) is 1. The van der Waals surface area contributed by atoms with Crippen molar-refractivity contribution in [3.05, 3.63) is 82.9 Å². The lowest BCUT2D eigenvalue weighted by atomic mass is 9.93. The molecule has 0 saturated carbocycles. The number of carbonyl (C=O) groups excluding carboxylic acids is 1. The molecule has 0 unspecified atom stereocenters. The summed E-state index contributed by atoms with van der Waals surface area (Å²) >= 11 is 0. The van der Waals surface area contributed by atoms with Gasteiger partial charge < -0.3 is 19.5 Å². The minimum absolute atomic E-state index is 0.00692. The maximum atomic E-state index is 13.3. The molecule has 0 saturated heterocycles. The number of likely N-dealkylation sites (N-methyl/N-ethyl adjacent to an activating group) is 1. The molecule has 5 nitrogen and oxygen atoms in total. The summed E-state index contributed by atoms with van der Waals surface area (Å²) in [6, 6.07) is 13.7. The van der Waals surface area contributed by atoms with Gasteiger partial charge in [-0.25, -0.2) is 4.39 Å². The van der Waals surface area contributed by atoms with E-state index in [1.54, 1.807) is 32.3 Å². The molecular weight excluding hydrogens is 361 g/mol. The Hall–Kier alpha value is -2.70. The first-order valence-corrected chi connectivity index (χ1v) is 9.12. The molecule has 1 amide bonds. The van der Waals surface area contributed by atoms with Crippen LogP contribution in [0.15, 0.2) is 60.4 Å². The lowest BCUT2D eigenvalue weighted by molar-refractivity contribution is -0.154. The Morgan fingerprint density at radius 1 is 1.14 bits per heavy atom. The van der Waals surface area contributed by atoms with Crippen molar-refractivity contribution < 1.29 is 23.8 Å². The van der Waals surface area contributed by atoms with Crippen LogP contribution in [0.2, 0.25) is 0 Å². The van der Waals surface area contributed by atoms with Crippen molar-refractivity contribution in [2.45, 2.75) is 31.8 Å². The third-order valence-corrected chi connectivity index (χ3v) is 4.61. The summed E-state index contributed by atoms with van der Waals surface area (Å²) in [5, 5.41) is 9.13. The zero-order valence-corrected chi connectivity index (χ0v) is 16.0. The van der Waals surface area contributed by atoms with Crippen molar-refractivity contribution in [3.63, 3.8) is 0 Å². The number of amides is 1. The lowest BCUT2D eigenvalue weighted by Crippen LogP contribution is -2.32. The van der Waals surface area contributed by atoms with E-state index in [4.69, 9.17) is 14.6 Å². The van der Waals surface area contributed by atoms with Gasteiger partial charge >= 0.3 is 0 Å². The van der Waals surface area contributed by atoms with E-state index in [1.807, 2.05) is 24.3 Å². The smallest absolute Gasteiger partial charge is 0.288 e. The number of allylic oxidation sites excluding steroid dienone is 1. The molecule has 1 heterocycles. The number of hydrogen-bond acceptors (Lipinski definition) is 4. The first-order valence-electron chi connectivity index (χ1n) is 9.12. The molecule has 0 spiro atoms. The van der Waals surface area contributed by atoms with Crippen molar-refractivity contribution in [3.8, 4) is 0 Å². The third kappa shape index (κ3) is 4.97. The predicted octanol–water partition coefficient (Wildman–Crippen LogP) is 3.34. The van der Waals surface area contributed by atoms with Gasteiger partial charge in [-0.2, -0.15) is 0 Å². The van der Waals surface area contributed by atoms with Gasteiger partial charge in [-0.3, -0.25) is 4.79 Å². The average molecular weight is 385 g/mol. The van der Waals surface area contributed by atoms with Crippen molar-refractivity contribution in [1.29, 1.82) is 0 Å². The van der Waals surface area contributed by atoms with Crippen LogP contribution < -0.4 is 0 Å². The highest BCUT2D eigenvalue weighted by Gasteiger charge is 2.29. The number of aliphatic hydroxyl groups excluding tert-OH is 1. The van der Waals surface area contributed by atoms with E-state index in [1.165, 1.54) is 17.0 Å². The summed E-state index contributed by atoms with van der Waals surface area (Å²) in [6.45, 7) is 0.309. The topological polar surface area (TPSA) is 59.0 Å². The van der Waals surface area contributed by atoms with Gasteiger partial charge in [0.05, 0.1) is 13.2 Å². The molecular formula is C22H24FNO4. The third-order valence-electron chi connectivity index (χ3n) is 4.61. The Bertz CT molecular complexity index is 831. The van der Waals surface area contributed by atoms with E-state index in [9.17, 15) is 9.18 Å². The maximum Gasteiger partial charge on any atom is 0.288 e. The van der Waals surface area contributed by atoms with Crippen LogP contribution in [0.3, 0.4) is 0 Å². The number of aliphatic hydroxyl groups is 1. The fourth-order valence-corrected chi connectivity index (χ4v) is 3.00. The first-order chi connectivity index (χ1) is 13.5. The quantitative estimate of drug-likeness (QED) is 0.829. The molecule has 0 bridgehead atoms. The molecule has 148 valence electrons. The SMILES string of the molecule is CN(C)C(=O)C1=C[C@H](c2ccc(F)cc2)C[C@H](OCc2ccc(CO)cc2)O1. The average Bonchev–Trinajstić information content (AvgIpc) is 2.72. The first kappa shape index (κ1) is 20.0. The fraction of sp³-hybridized carbons (Fsp3) is 0.318. The fourth-order valence-electron chi connectivity index (χ4n) is 3.00. The van der Waals surface area contributed by atoms with E-state index in [2.05, 4.69) is 0 Å². The van der Waals surface area contributed by atoms with E-state index >= 15 is 0 Å². The van der Waals surface area contributed by atoms with Crippen LogP contribution in [0.4, 0.5) is 4.39 Å². The summed E-state index contributed by atoms with van der Waals surface area (Å²) in [4.78, 5) is 13.9. The van der Waals surface area contributed by atoms with Gasteiger partial charge in [0.2, 0.25) is 6.29 Å². The molecule has 2 aromatic carbocycles. The van der Waals surface area contributed by atoms with E-state index < -0.39 is 6.29 Å². The van der Waals surface area contributed by atoms with Crippen LogP contribution in [0.25, 0.3) is 0 Å². The van der Waals surface area contributed by atoms with Crippen LogP contribution in [-0.2, 0) is 27.5 Å².